The van der Waals surface area contributed by atoms with Crippen molar-refractivity contribution in [2.45, 2.75) is 13.0 Å². The summed E-state index contributed by atoms with van der Waals surface area (Å²) in [6.07, 6.45) is 10.5. The first-order chi connectivity index (χ1) is 8.83. The van der Waals surface area contributed by atoms with E-state index in [4.69, 9.17) is 0 Å². The lowest BCUT2D eigenvalue weighted by atomic mass is 10.2. The van der Waals surface area contributed by atoms with E-state index in [1.165, 1.54) is 5.56 Å². The second-order valence-electron chi connectivity index (χ2n) is 4.05. The highest BCUT2D eigenvalue weighted by Gasteiger charge is 2.08. The van der Waals surface area contributed by atoms with Crippen LogP contribution in [0.1, 0.15) is 5.56 Å². The van der Waals surface area contributed by atoms with Crippen LogP contribution in [0.2, 0.25) is 0 Å². The summed E-state index contributed by atoms with van der Waals surface area (Å²) in [4.78, 5) is 8.66. The molecule has 0 aliphatic rings. The quantitative estimate of drug-likeness (QED) is 0.720. The minimum absolute atomic E-state index is 0.889. The van der Waals surface area contributed by atoms with Crippen molar-refractivity contribution in [3.05, 3.63) is 41.9 Å². The first kappa shape index (κ1) is 11.2. The molecule has 0 amide bonds. The summed E-state index contributed by atoms with van der Waals surface area (Å²) in [6.45, 7) is 0.889. The Balaban J connectivity index is 1.76. The van der Waals surface area contributed by atoms with Gasteiger partial charge in [-0.25, -0.2) is 9.97 Å². The number of thiazole rings is 1. The van der Waals surface area contributed by atoms with Gasteiger partial charge in [0.05, 0.1) is 6.20 Å². The first-order valence-corrected chi connectivity index (χ1v) is 6.59. The Bertz CT molecular complexity index is 622. The summed E-state index contributed by atoms with van der Waals surface area (Å²) < 4.78 is 3.96. The van der Waals surface area contributed by atoms with Gasteiger partial charge in [-0.2, -0.15) is 5.10 Å². The van der Waals surface area contributed by atoms with Gasteiger partial charge in [0.15, 0.2) is 10.8 Å². The summed E-state index contributed by atoms with van der Waals surface area (Å²) in [7, 11) is 1.93. The van der Waals surface area contributed by atoms with Gasteiger partial charge in [0.25, 0.3) is 0 Å². The van der Waals surface area contributed by atoms with Crippen molar-refractivity contribution in [3.63, 3.8) is 0 Å². The number of hydrogen-bond donors (Lipinski definition) is 0. The molecule has 0 aliphatic heterocycles. The van der Waals surface area contributed by atoms with E-state index in [2.05, 4.69) is 19.6 Å². The van der Waals surface area contributed by atoms with Crippen molar-refractivity contribution in [2.75, 3.05) is 0 Å². The van der Waals surface area contributed by atoms with Gasteiger partial charge >= 0.3 is 0 Å². The molecule has 6 heteroatoms. The van der Waals surface area contributed by atoms with Gasteiger partial charge in [-0.15, -0.1) is 11.3 Å². The Hall–Kier alpha value is -1.95. The Labute approximate surface area is 109 Å². The highest BCUT2D eigenvalue weighted by Crippen LogP contribution is 2.19. The molecule has 3 aromatic rings. The molecule has 0 N–H and O–H groups in total. The van der Waals surface area contributed by atoms with E-state index in [1.54, 1.807) is 17.5 Å². The second kappa shape index (κ2) is 4.73. The molecule has 3 rings (SSSR count). The second-order valence-corrected chi connectivity index (χ2v) is 4.95. The minimum Gasteiger partial charge on any atom is -0.329 e. The van der Waals surface area contributed by atoms with Crippen molar-refractivity contribution >= 4 is 11.3 Å². The highest BCUT2D eigenvalue weighted by atomic mass is 32.1. The van der Waals surface area contributed by atoms with Gasteiger partial charge < -0.3 is 4.57 Å². The molecule has 0 aliphatic carbocycles. The van der Waals surface area contributed by atoms with E-state index < -0.39 is 0 Å². The molecule has 18 heavy (non-hydrogen) atoms. The maximum absolute atomic E-state index is 4.37. The predicted molar refractivity (Wildman–Crippen MR) is 70.2 cm³/mol. The van der Waals surface area contributed by atoms with Gasteiger partial charge in [-0.3, -0.25) is 4.68 Å². The zero-order valence-electron chi connectivity index (χ0n) is 10.0. The number of aryl methyl sites for hydroxylation is 3. The molecule has 0 fully saturated rings. The molecule has 0 saturated heterocycles. The van der Waals surface area contributed by atoms with Gasteiger partial charge in [-0.05, 0) is 12.0 Å². The van der Waals surface area contributed by atoms with E-state index in [0.717, 1.165) is 23.8 Å². The molecular weight excluding hydrogens is 246 g/mol. The average Bonchev–Trinajstić information content (AvgIpc) is 3.07. The third-order valence-corrected chi connectivity index (χ3v) is 3.51. The number of imidazole rings is 1. The van der Waals surface area contributed by atoms with Crippen LogP contribution < -0.4 is 0 Å². The fourth-order valence-electron chi connectivity index (χ4n) is 1.87. The highest BCUT2D eigenvalue weighted by molar-refractivity contribution is 7.13. The zero-order valence-corrected chi connectivity index (χ0v) is 10.8. The molecule has 0 spiro atoms. The van der Waals surface area contributed by atoms with E-state index >= 15 is 0 Å². The maximum atomic E-state index is 4.37. The van der Waals surface area contributed by atoms with E-state index in [0.29, 0.717) is 0 Å². The topological polar surface area (TPSA) is 48.5 Å². The summed E-state index contributed by atoms with van der Waals surface area (Å²) in [5, 5.41) is 7.10. The van der Waals surface area contributed by atoms with Gasteiger partial charge in [0, 0.05) is 43.8 Å². The van der Waals surface area contributed by atoms with Crippen molar-refractivity contribution in [1.29, 1.82) is 0 Å². The number of rotatable bonds is 4. The standard InChI is InChI=1S/C12H13N5S/c1-16-9-10(8-15-16)2-5-17-6-3-13-11(17)12-14-4-7-18-12/h3-4,6-9H,2,5H2,1H3. The lowest BCUT2D eigenvalue weighted by Gasteiger charge is -2.04. The first-order valence-electron chi connectivity index (χ1n) is 5.71. The number of aromatic nitrogens is 5. The van der Waals surface area contributed by atoms with Crippen LogP contribution in [0.15, 0.2) is 36.4 Å². The van der Waals surface area contributed by atoms with Crippen LogP contribution in [0.4, 0.5) is 0 Å². The summed E-state index contributed by atoms with van der Waals surface area (Å²) in [5.41, 5.74) is 1.23. The van der Waals surface area contributed by atoms with Crippen molar-refractivity contribution in [1.82, 2.24) is 24.3 Å². The molecule has 0 saturated carbocycles. The summed E-state index contributed by atoms with van der Waals surface area (Å²) in [5.74, 6) is 0.939. The largest absolute Gasteiger partial charge is 0.329 e. The van der Waals surface area contributed by atoms with Crippen LogP contribution in [-0.2, 0) is 20.0 Å². The Morgan fingerprint density at radius 3 is 2.94 bits per heavy atom. The van der Waals surface area contributed by atoms with Crippen molar-refractivity contribution in [3.8, 4) is 10.8 Å². The van der Waals surface area contributed by atoms with Crippen molar-refractivity contribution in [2.24, 2.45) is 7.05 Å². The Kier molecular flexibility index (Phi) is 2.93. The SMILES string of the molecule is Cn1cc(CCn2ccnc2-c2nccs2)cn1. The molecule has 0 bridgehead atoms. The third-order valence-electron chi connectivity index (χ3n) is 2.74. The van der Waals surface area contributed by atoms with Crippen LogP contribution in [0.5, 0.6) is 0 Å². The molecule has 0 atom stereocenters. The maximum Gasteiger partial charge on any atom is 0.169 e. The fourth-order valence-corrected chi connectivity index (χ4v) is 2.52. The molecule has 5 nitrogen and oxygen atoms in total. The predicted octanol–water partition coefficient (Wildman–Crippen LogP) is 1.98. The van der Waals surface area contributed by atoms with Crippen LogP contribution in [0.25, 0.3) is 10.8 Å². The number of nitrogens with zero attached hydrogens (tertiary/aromatic N) is 5. The van der Waals surface area contributed by atoms with Gasteiger partial charge in [-0.1, -0.05) is 0 Å². The monoisotopic (exact) mass is 259 g/mol. The van der Waals surface area contributed by atoms with Gasteiger partial charge in [0.1, 0.15) is 0 Å². The smallest absolute Gasteiger partial charge is 0.169 e. The molecule has 3 aromatic heterocycles. The Morgan fingerprint density at radius 1 is 1.28 bits per heavy atom. The van der Waals surface area contributed by atoms with E-state index in [-0.39, 0.29) is 0 Å². The molecule has 3 heterocycles. The minimum atomic E-state index is 0.889. The van der Waals surface area contributed by atoms with Crippen LogP contribution in [0.3, 0.4) is 0 Å². The van der Waals surface area contributed by atoms with Crippen LogP contribution in [-0.4, -0.2) is 24.3 Å². The molecule has 0 radical (unpaired) electrons. The van der Waals surface area contributed by atoms with Gasteiger partial charge in [0.2, 0.25) is 0 Å². The van der Waals surface area contributed by atoms with Crippen molar-refractivity contribution < 1.29 is 0 Å². The molecular formula is C12H13N5S. The van der Waals surface area contributed by atoms with Crippen LogP contribution >= 0.6 is 11.3 Å². The summed E-state index contributed by atoms with van der Waals surface area (Å²) >= 11 is 1.61. The van der Waals surface area contributed by atoms with E-state index in [9.17, 15) is 0 Å². The molecule has 92 valence electrons. The molecule has 0 unspecified atom stereocenters. The number of hydrogen-bond acceptors (Lipinski definition) is 4. The zero-order chi connectivity index (χ0) is 12.4. The van der Waals surface area contributed by atoms with E-state index in [1.807, 2.05) is 41.9 Å². The lowest BCUT2D eigenvalue weighted by molar-refractivity contribution is 0.701. The normalized spacial score (nSPS) is 10.9. The fraction of sp³-hybridized carbons (Fsp3) is 0.250. The summed E-state index contributed by atoms with van der Waals surface area (Å²) in [6, 6.07) is 0. The third kappa shape index (κ3) is 2.19. The average molecular weight is 259 g/mol. The molecule has 0 aromatic carbocycles. The van der Waals surface area contributed by atoms with Crippen LogP contribution in [0, 0.1) is 0 Å². The lowest BCUT2D eigenvalue weighted by Crippen LogP contribution is -2.02. The Morgan fingerprint density at radius 2 is 2.22 bits per heavy atom.